The third-order valence-corrected chi connectivity index (χ3v) is 1.82. The van der Waals surface area contributed by atoms with Gasteiger partial charge in [0.2, 0.25) is 0 Å². The number of hydrogen-bond donors (Lipinski definition) is 2. The molecule has 0 unspecified atom stereocenters. The molecule has 0 rings (SSSR count). The molecule has 5 heteroatoms. The number of hydrogen-bond acceptors (Lipinski definition) is 5. The van der Waals surface area contributed by atoms with E-state index in [0.717, 1.165) is 0 Å². The SMILES string of the molecule is COCCOCOC[C@@H](C)[C@H](O)CO. The molecule has 5 nitrogen and oxygen atoms in total. The Morgan fingerprint density at radius 2 is 1.93 bits per heavy atom. The van der Waals surface area contributed by atoms with Gasteiger partial charge < -0.3 is 24.4 Å². The molecule has 0 aliphatic carbocycles. The molecule has 2 atom stereocenters. The molecule has 0 spiro atoms. The monoisotopic (exact) mass is 208 g/mol. The van der Waals surface area contributed by atoms with Crippen LogP contribution < -0.4 is 0 Å². The van der Waals surface area contributed by atoms with E-state index in [-0.39, 0.29) is 19.3 Å². The summed E-state index contributed by atoms with van der Waals surface area (Å²) >= 11 is 0. The third kappa shape index (κ3) is 7.23. The van der Waals surface area contributed by atoms with Crippen LogP contribution in [0.15, 0.2) is 0 Å². The number of rotatable bonds is 9. The molecule has 0 saturated carbocycles. The van der Waals surface area contributed by atoms with E-state index in [2.05, 4.69) is 0 Å². The zero-order valence-corrected chi connectivity index (χ0v) is 8.81. The van der Waals surface area contributed by atoms with E-state index in [1.807, 2.05) is 0 Å². The van der Waals surface area contributed by atoms with Crippen LogP contribution in [0.5, 0.6) is 0 Å². The van der Waals surface area contributed by atoms with Gasteiger partial charge in [0.25, 0.3) is 0 Å². The Hall–Kier alpha value is -0.200. The highest BCUT2D eigenvalue weighted by Crippen LogP contribution is 2.02. The van der Waals surface area contributed by atoms with E-state index in [0.29, 0.717) is 19.8 Å². The van der Waals surface area contributed by atoms with E-state index in [4.69, 9.17) is 19.3 Å². The van der Waals surface area contributed by atoms with Gasteiger partial charge >= 0.3 is 0 Å². The second kappa shape index (κ2) is 9.36. The first-order valence-electron chi connectivity index (χ1n) is 4.65. The Labute approximate surface area is 84.6 Å². The van der Waals surface area contributed by atoms with E-state index >= 15 is 0 Å². The van der Waals surface area contributed by atoms with Crippen LogP contribution in [0.4, 0.5) is 0 Å². The van der Waals surface area contributed by atoms with Crippen LogP contribution in [-0.2, 0) is 14.2 Å². The summed E-state index contributed by atoms with van der Waals surface area (Å²) in [6.45, 7) is 3.15. The van der Waals surface area contributed by atoms with Gasteiger partial charge in [-0.05, 0) is 0 Å². The average Bonchev–Trinajstić information content (AvgIpc) is 2.21. The molecule has 86 valence electrons. The highest BCUT2D eigenvalue weighted by Gasteiger charge is 2.12. The van der Waals surface area contributed by atoms with Gasteiger partial charge in [-0.25, -0.2) is 0 Å². The summed E-state index contributed by atoms with van der Waals surface area (Å²) in [7, 11) is 1.60. The first-order valence-corrected chi connectivity index (χ1v) is 4.65. The maximum Gasteiger partial charge on any atom is 0.146 e. The quantitative estimate of drug-likeness (QED) is 0.399. The second-order valence-electron chi connectivity index (χ2n) is 3.12. The predicted molar refractivity (Wildman–Crippen MR) is 50.9 cm³/mol. The molecular weight excluding hydrogens is 188 g/mol. The molecule has 14 heavy (non-hydrogen) atoms. The van der Waals surface area contributed by atoms with Crippen molar-refractivity contribution in [1.29, 1.82) is 0 Å². The summed E-state index contributed by atoms with van der Waals surface area (Å²) in [5.74, 6) is -0.0916. The molecule has 2 N–H and O–H groups in total. The smallest absolute Gasteiger partial charge is 0.146 e. The van der Waals surface area contributed by atoms with Gasteiger partial charge in [-0.3, -0.25) is 0 Å². The molecule has 0 aromatic rings. The zero-order valence-electron chi connectivity index (χ0n) is 8.81. The average molecular weight is 208 g/mol. The number of aliphatic hydroxyl groups is 2. The van der Waals surface area contributed by atoms with Gasteiger partial charge in [0.1, 0.15) is 6.79 Å². The van der Waals surface area contributed by atoms with Crippen molar-refractivity contribution < 1.29 is 24.4 Å². The van der Waals surface area contributed by atoms with Crippen molar-refractivity contribution in [3.05, 3.63) is 0 Å². The van der Waals surface area contributed by atoms with Gasteiger partial charge in [0, 0.05) is 13.0 Å². The lowest BCUT2D eigenvalue weighted by Gasteiger charge is -2.16. The van der Waals surface area contributed by atoms with Crippen LogP contribution in [0.25, 0.3) is 0 Å². The number of ether oxygens (including phenoxy) is 3. The minimum atomic E-state index is -0.728. The number of aliphatic hydroxyl groups excluding tert-OH is 2. The Balaban J connectivity index is 3.18. The molecular formula is C9H20O5. The number of methoxy groups -OCH3 is 1. The second-order valence-corrected chi connectivity index (χ2v) is 3.12. The lowest BCUT2D eigenvalue weighted by Crippen LogP contribution is -2.26. The van der Waals surface area contributed by atoms with Crippen molar-refractivity contribution in [2.45, 2.75) is 13.0 Å². The highest BCUT2D eigenvalue weighted by molar-refractivity contribution is 4.61. The molecule has 0 aromatic carbocycles. The summed E-state index contributed by atoms with van der Waals surface area (Å²) in [4.78, 5) is 0. The Bertz CT molecular complexity index is 120. The molecule has 0 bridgehead atoms. The van der Waals surface area contributed by atoms with Crippen molar-refractivity contribution in [1.82, 2.24) is 0 Å². The van der Waals surface area contributed by atoms with E-state index in [9.17, 15) is 5.11 Å². The minimum Gasteiger partial charge on any atom is -0.394 e. The van der Waals surface area contributed by atoms with Crippen LogP contribution in [-0.4, -0.2) is 56.6 Å². The fourth-order valence-electron chi connectivity index (χ4n) is 0.785. The molecule has 0 heterocycles. The first-order chi connectivity index (χ1) is 6.72. The largest absolute Gasteiger partial charge is 0.394 e. The fraction of sp³-hybridized carbons (Fsp3) is 1.00. The van der Waals surface area contributed by atoms with Crippen molar-refractivity contribution in [3.63, 3.8) is 0 Å². The minimum absolute atomic E-state index is 0.0916. The molecule has 0 aliphatic heterocycles. The normalized spacial score (nSPS) is 15.4. The molecule has 0 aliphatic rings. The molecule has 0 aromatic heterocycles. The maximum absolute atomic E-state index is 9.18. The first kappa shape index (κ1) is 13.8. The van der Waals surface area contributed by atoms with Crippen LogP contribution in [0.3, 0.4) is 0 Å². The van der Waals surface area contributed by atoms with Gasteiger partial charge in [0.05, 0.1) is 32.5 Å². The summed E-state index contributed by atoms with van der Waals surface area (Å²) in [5, 5.41) is 17.8. The van der Waals surface area contributed by atoms with E-state index < -0.39 is 6.10 Å². The third-order valence-electron chi connectivity index (χ3n) is 1.82. The van der Waals surface area contributed by atoms with Gasteiger partial charge in [-0.15, -0.1) is 0 Å². The Morgan fingerprint density at radius 1 is 1.21 bits per heavy atom. The van der Waals surface area contributed by atoms with Gasteiger partial charge in [-0.2, -0.15) is 0 Å². The lowest BCUT2D eigenvalue weighted by molar-refractivity contribution is -0.0872. The van der Waals surface area contributed by atoms with Crippen LogP contribution in [0, 0.1) is 5.92 Å². The van der Waals surface area contributed by atoms with Crippen LogP contribution >= 0.6 is 0 Å². The lowest BCUT2D eigenvalue weighted by atomic mass is 10.1. The van der Waals surface area contributed by atoms with E-state index in [1.165, 1.54) is 0 Å². The summed E-state index contributed by atoms with van der Waals surface area (Å²) in [6.07, 6.45) is -0.728. The highest BCUT2D eigenvalue weighted by atomic mass is 16.7. The standard InChI is InChI=1S/C9H20O5/c1-8(9(11)5-10)6-14-7-13-4-3-12-2/h8-11H,3-7H2,1-2H3/t8-,9-/m1/s1. The van der Waals surface area contributed by atoms with Gasteiger partial charge in [-0.1, -0.05) is 6.92 Å². The maximum atomic E-state index is 9.18. The topological polar surface area (TPSA) is 68.2 Å². The molecule has 0 saturated heterocycles. The van der Waals surface area contributed by atoms with Crippen molar-refractivity contribution in [3.8, 4) is 0 Å². The van der Waals surface area contributed by atoms with Crippen molar-refractivity contribution in [2.75, 3.05) is 40.3 Å². The van der Waals surface area contributed by atoms with Crippen molar-refractivity contribution in [2.24, 2.45) is 5.92 Å². The summed E-state index contributed by atoms with van der Waals surface area (Å²) in [6, 6.07) is 0. The van der Waals surface area contributed by atoms with Gasteiger partial charge in [0.15, 0.2) is 0 Å². The molecule has 0 amide bonds. The van der Waals surface area contributed by atoms with E-state index in [1.54, 1.807) is 14.0 Å². The molecule has 0 fully saturated rings. The Kier molecular flexibility index (Phi) is 9.23. The zero-order chi connectivity index (χ0) is 10.8. The Morgan fingerprint density at radius 3 is 2.50 bits per heavy atom. The molecule has 0 radical (unpaired) electrons. The van der Waals surface area contributed by atoms with Crippen LogP contribution in [0.2, 0.25) is 0 Å². The van der Waals surface area contributed by atoms with Crippen LogP contribution in [0.1, 0.15) is 6.92 Å². The summed E-state index contributed by atoms with van der Waals surface area (Å²) < 4.78 is 14.9. The fourth-order valence-corrected chi connectivity index (χ4v) is 0.785. The predicted octanol–water partition coefficient (Wildman–Crippen LogP) is -0.387. The summed E-state index contributed by atoms with van der Waals surface area (Å²) in [5.41, 5.74) is 0. The van der Waals surface area contributed by atoms with Crippen molar-refractivity contribution >= 4 is 0 Å².